The Morgan fingerprint density at radius 2 is 1.65 bits per heavy atom. The quantitative estimate of drug-likeness (QED) is 0.475. The van der Waals surface area contributed by atoms with Crippen LogP contribution in [0.15, 0.2) is 42.5 Å². The molecule has 1 saturated heterocycles. The second-order valence-electron chi connectivity index (χ2n) is 6.82. The van der Waals surface area contributed by atoms with Crippen LogP contribution in [-0.4, -0.2) is 36.0 Å². The number of nitrogens with zero attached hydrogens (tertiary/aromatic N) is 2. The van der Waals surface area contributed by atoms with Gasteiger partial charge in [-0.1, -0.05) is 29.8 Å². The van der Waals surface area contributed by atoms with Crippen LogP contribution in [0.5, 0.6) is 0 Å². The lowest BCUT2D eigenvalue weighted by Crippen LogP contribution is -2.45. The van der Waals surface area contributed by atoms with Crippen LogP contribution in [0.4, 0.5) is 11.4 Å². The summed E-state index contributed by atoms with van der Waals surface area (Å²) in [6.07, 6.45) is -0.0144. The number of carbonyl (C=O) groups is 1. The zero-order chi connectivity index (χ0) is 18.8. The van der Waals surface area contributed by atoms with Crippen molar-refractivity contribution in [2.24, 2.45) is 0 Å². The van der Waals surface area contributed by atoms with Gasteiger partial charge in [0, 0.05) is 30.3 Å². The van der Waals surface area contributed by atoms with Gasteiger partial charge in [-0.25, -0.2) is 0 Å². The minimum atomic E-state index is -0.425. The van der Waals surface area contributed by atoms with Crippen molar-refractivity contribution in [1.82, 2.24) is 0 Å². The fourth-order valence-electron chi connectivity index (χ4n) is 3.32. The Kier molecular flexibility index (Phi) is 5.04. The molecule has 1 aliphatic heterocycles. The lowest BCUT2D eigenvalue weighted by molar-refractivity contribution is -0.384. The highest BCUT2D eigenvalue weighted by atomic mass is 16.6. The minimum absolute atomic E-state index is 0.00720. The minimum Gasteiger partial charge on any atom is -0.372 e. The summed E-state index contributed by atoms with van der Waals surface area (Å²) in [4.78, 5) is 25.8. The molecule has 0 amide bonds. The lowest BCUT2D eigenvalue weighted by atomic mass is 10.0. The third kappa shape index (κ3) is 3.75. The van der Waals surface area contributed by atoms with Crippen molar-refractivity contribution in [1.29, 1.82) is 0 Å². The second-order valence-corrected chi connectivity index (χ2v) is 6.82. The van der Waals surface area contributed by atoms with E-state index >= 15 is 0 Å². The number of hydrogen-bond acceptors (Lipinski definition) is 5. The van der Waals surface area contributed by atoms with Gasteiger partial charge in [-0.3, -0.25) is 14.9 Å². The van der Waals surface area contributed by atoms with Gasteiger partial charge in [-0.15, -0.1) is 0 Å². The van der Waals surface area contributed by atoms with Gasteiger partial charge in [0.1, 0.15) is 5.69 Å². The summed E-state index contributed by atoms with van der Waals surface area (Å²) in [5.74, 6) is -0.219. The zero-order valence-electron chi connectivity index (χ0n) is 15.1. The third-order valence-electron chi connectivity index (χ3n) is 4.51. The van der Waals surface area contributed by atoms with Gasteiger partial charge in [0.25, 0.3) is 5.69 Å². The molecular formula is C20H22N2O4. The van der Waals surface area contributed by atoms with Gasteiger partial charge in [-0.2, -0.15) is 0 Å². The number of carbonyl (C=O) groups excluding carboxylic acids is 1. The average molecular weight is 354 g/mol. The van der Waals surface area contributed by atoms with Crippen LogP contribution in [-0.2, 0) is 4.74 Å². The van der Waals surface area contributed by atoms with E-state index < -0.39 is 4.92 Å². The highest BCUT2D eigenvalue weighted by Gasteiger charge is 2.28. The molecule has 2 aromatic rings. The number of ketones is 1. The molecule has 1 aliphatic rings. The third-order valence-corrected chi connectivity index (χ3v) is 4.51. The predicted octanol–water partition coefficient (Wildman–Crippen LogP) is 3.75. The number of nitro benzene ring substituents is 1. The summed E-state index contributed by atoms with van der Waals surface area (Å²) in [5.41, 5.74) is 2.37. The Morgan fingerprint density at radius 1 is 1.08 bits per heavy atom. The summed E-state index contributed by atoms with van der Waals surface area (Å²) in [5, 5.41) is 11.6. The Hall–Kier alpha value is -2.73. The molecule has 0 spiro atoms. The molecule has 6 nitrogen and oxygen atoms in total. The Morgan fingerprint density at radius 3 is 2.23 bits per heavy atom. The van der Waals surface area contributed by atoms with Gasteiger partial charge in [0.15, 0.2) is 5.78 Å². The van der Waals surface area contributed by atoms with Crippen LogP contribution in [0, 0.1) is 17.0 Å². The predicted molar refractivity (Wildman–Crippen MR) is 99.9 cm³/mol. The van der Waals surface area contributed by atoms with E-state index in [1.54, 1.807) is 24.3 Å². The Balaban J connectivity index is 1.95. The van der Waals surface area contributed by atoms with Crippen molar-refractivity contribution in [2.45, 2.75) is 33.0 Å². The molecule has 1 heterocycles. The smallest absolute Gasteiger partial charge is 0.293 e. The summed E-state index contributed by atoms with van der Waals surface area (Å²) in [7, 11) is 0. The van der Waals surface area contributed by atoms with E-state index in [1.807, 2.05) is 37.8 Å². The highest BCUT2D eigenvalue weighted by Crippen LogP contribution is 2.32. The number of nitro groups is 1. The summed E-state index contributed by atoms with van der Waals surface area (Å²) < 4.78 is 5.70. The Labute approximate surface area is 152 Å². The molecule has 0 aromatic heterocycles. The zero-order valence-corrected chi connectivity index (χ0v) is 15.1. The SMILES string of the molecule is Cc1ccc(C(=O)c2ccc(N3C[C@@H](C)O[C@@H](C)C3)c([N+](=O)[O-])c2)cc1. The molecule has 0 N–H and O–H groups in total. The van der Waals surface area contributed by atoms with Crippen molar-refractivity contribution >= 4 is 17.2 Å². The maximum Gasteiger partial charge on any atom is 0.293 e. The standard InChI is InChI=1S/C20H22N2O4/c1-13-4-6-16(7-5-13)20(23)17-8-9-18(19(10-17)22(24)25)21-11-14(2)26-15(3)12-21/h4-10,14-15H,11-12H2,1-3H3/t14-,15+. The molecule has 0 aliphatic carbocycles. The molecule has 136 valence electrons. The maximum atomic E-state index is 12.7. The van der Waals surface area contributed by atoms with E-state index in [4.69, 9.17) is 4.74 Å². The average Bonchev–Trinajstić information content (AvgIpc) is 2.60. The fourth-order valence-corrected chi connectivity index (χ4v) is 3.32. The van der Waals surface area contributed by atoms with Crippen molar-refractivity contribution in [3.63, 3.8) is 0 Å². The number of anilines is 1. The normalized spacial score (nSPS) is 20.0. The molecular weight excluding hydrogens is 332 g/mol. The highest BCUT2D eigenvalue weighted by molar-refractivity contribution is 6.09. The monoisotopic (exact) mass is 354 g/mol. The van der Waals surface area contributed by atoms with E-state index in [9.17, 15) is 14.9 Å². The molecule has 0 radical (unpaired) electrons. The van der Waals surface area contributed by atoms with Crippen molar-refractivity contribution in [3.8, 4) is 0 Å². The van der Waals surface area contributed by atoms with E-state index in [2.05, 4.69) is 0 Å². The van der Waals surface area contributed by atoms with Crippen LogP contribution in [0.25, 0.3) is 0 Å². The maximum absolute atomic E-state index is 12.7. The topological polar surface area (TPSA) is 72.7 Å². The first-order valence-electron chi connectivity index (χ1n) is 8.65. The van der Waals surface area contributed by atoms with Crippen LogP contribution in [0.2, 0.25) is 0 Å². The van der Waals surface area contributed by atoms with Gasteiger partial charge in [0.05, 0.1) is 17.1 Å². The van der Waals surface area contributed by atoms with Crippen LogP contribution >= 0.6 is 0 Å². The molecule has 2 atom stereocenters. The second kappa shape index (κ2) is 7.25. The van der Waals surface area contributed by atoms with Gasteiger partial charge >= 0.3 is 0 Å². The lowest BCUT2D eigenvalue weighted by Gasteiger charge is -2.36. The molecule has 0 unspecified atom stereocenters. The number of hydrogen-bond donors (Lipinski definition) is 0. The summed E-state index contributed by atoms with van der Waals surface area (Å²) >= 11 is 0. The number of morpholine rings is 1. The fraction of sp³-hybridized carbons (Fsp3) is 0.350. The molecule has 26 heavy (non-hydrogen) atoms. The molecule has 1 fully saturated rings. The van der Waals surface area contributed by atoms with E-state index in [1.165, 1.54) is 6.07 Å². The first-order chi connectivity index (χ1) is 12.3. The van der Waals surface area contributed by atoms with E-state index in [-0.39, 0.29) is 23.7 Å². The van der Waals surface area contributed by atoms with Crippen LogP contribution < -0.4 is 4.90 Å². The summed E-state index contributed by atoms with van der Waals surface area (Å²) in [6, 6.07) is 11.9. The van der Waals surface area contributed by atoms with Crippen molar-refractivity contribution in [3.05, 3.63) is 69.3 Å². The molecule has 2 aromatic carbocycles. The van der Waals surface area contributed by atoms with Crippen molar-refractivity contribution in [2.75, 3.05) is 18.0 Å². The van der Waals surface area contributed by atoms with E-state index in [0.29, 0.717) is 29.9 Å². The molecule has 0 bridgehead atoms. The largest absolute Gasteiger partial charge is 0.372 e. The van der Waals surface area contributed by atoms with Gasteiger partial charge in [-0.05, 0) is 32.9 Å². The first-order valence-corrected chi connectivity index (χ1v) is 8.65. The van der Waals surface area contributed by atoms with E-state index in [0.717, 1.165) is 5.56 Å². The number of benzene rings is 2. The summed E-state index contributed by atoms with van der Waals surface area (Å²) in [6.45, 7) is 7.00. The number of rotatable bonds is 4. The van der Waals surface area contributed by atoms with Gasteiger partial charge in [0.2, 0.25) is 0 Å². The van der Waals surface area contributed by atoms with Crippen LogP contribution in [0.3, 0.4) is 0 Å². The molecule has 6 heteroatoms. The van der Waals surface area contributed by atoms with Crippen LogP contribution in [0.1, 0.15) is 35.3 Å². The Bertz CT molecular complexity index is 822. The van der Waals surface area contributed by atoms with Gasteiger partial charge < -0.3 is 9.64 Å². The van der Waals surface area contributed by atoms with Crippen molar-refractivity contribution < 1.29 is 14.5 Å². The molecule has 3 rings (SSSR count). The number of aryl methyl sites for hydroxylation is 1. The first kappa shape index (κ1) is 18.1. The number of ether oxygens (including phenoxy) is 1. The molecule has 0 saturated carbocycles.